The van der Waals surface area contributed by atoms with Gasteiger partial charge in [0.2, 0.25) is 5.91 Å². The van der Waals surface area contributed by atoms with Crippen molar-refractivity contribution in [2.24, 2.45) is 0 Å². The van der Waals surface area contributed by atoms with Crippen LogP contribution >= 0.6 is 0 Å². The minimum atomic E-state index is -5.08. The first-order chi connectivity index (χ1) is 17.7. The van der Waals surface area contributed by atoms with Gasteiger partial charge in [0.1, 0.15) is 0 Å². The molecule has 10 heteroatoms. The number of carbonyl (C=O) groups excluding carboxylic acids is 1. The number of pyridine rings is 1. The second-order valence-electron chi connectivity index (χ2n) is 8.14. The van der Waals surface area contributed by atoms with Crippen LogP contribution in [0.2, 0.25) is 0 Å². The summed E-state index contributed by atoms with van der Waals surface area (Å²) in [6, 6.07) is 20.1. The molecule has 1 saturated heterocycles. The Bertz CT molecular complexity index is 1460. The second kappa shape index (κ2) is 10.9. The number of carbonyl (C=O) groups is 2. The molecule has 188 valence electrons. The Labute approximate surface area is 209 Å². The summed E-state index contributed by atoms with van der Waals surface area (Å²) in [5.74, 6) is -2.76. The van der Waals surface area contributed by atoms with Gasteiger partial charge in [0, 0.05) is 29.8 Å². The summed E-state index contributed by atoms with van der Waals surface area (Å²) in [4.78, 5) is 25.4. The lowest BCUT2D eigenvalue weighted by molar-refractivity contribution is -0.192. The van der Waals surface area contributed by atoms with Crippen molar-refractivity contribution in [2.75, 3.05) is 0 Å². The smallest absolute Gasteiger partial charge is 0.475 e. The third-order valence-corrected chi connectivity index (χ3v) is 5.56. The van der Waals surface area contributed by atoms with E-state index in [9.17, 15) is 18.0 Å². The maximum Gasteiger partial charge on any atom is 0.490 e. The maximum atomic E-state index is 12.4. The second-order valence-corrected chi connectivity index (χ2v) is 8.14. The number of aromatic amines is 1. The summed E-state index contributed by atoms with van der Waals surface area (Å²) in [5.41, 5.74) is 5.79. The molecule has 0 saturated carbocycles. The van der Waals surface area contributed by atoms with Crippen LogP contribution in [0.15, 0.2) is 78.6 Å². The topological polar surface area (TPSA) is 108 Å². The Morgan fingerprint density at radius 1 is 1.00 bits per heavy atom. The molecule has 1 fully saturated rings. The van der Waals surface area contributed by atoms with E-state index in [4.69, 9.17) is 9.90 Å². The van der Waals surface area contributed by atoms with Gasteiger partial charge < -0.3 is 10.4 Å². The number of rotatable bonds is 4. The summed E-state index contributed by atoms with van der Waals surface area (Å²) in [6.07, 6.45) is 5.10. The number of H-pyrrole nitrogens is 1. The lowest BCUT2D eigenvalue weighted by atomic mass is 10.0. The largest absolute Gasteiger partial charge is 0.490 e. The van der Waals surface area contributed by atoms with Gasteiger partial charge >= 0.3 is 12.1 Å². The monoisotopic (exact) mass is 506 g/mol. The van der Waals surface area contributed by atoms with Crippen LogP contribution in [-0.2, 0) is 9.59 Å². The van der Waals surface area contributed by atoms with Crippen LogP contribution in [0.5, 0.6) is 0 Å². The first-order valence-corrected chi connectivity index (χ1v) is 11.1. The molecule has 2 aromatic carbocycles. The lowest BCUT2D eigenvalue weighted by Crippen LogP contribution is -2.21. The normalized spacial score (nSPS) is 16.6. The minimum Gasteiger partial charge on any atom is -0.475 e. The van der Waals surface area contributed by atoms with E-state index >= 15 is 0 Å². The molecule has 1 aliphatic rings. The molecule has 1 amide bonds. The fraction of sp³-hybridized carbons (Fsp3) is 0.111. The van der Waals surface area contributed by atoms with Crippen molar-refractivity contribution in [3.8, 4) is 0 Å². The molecule has 7 nitrogen and oxygen atoms in total. The van der Waals surface area contributed by atoms with Gasteiger partial charge in [-0.25, -0.2) is 4.79 Å². The number of halogens is 3. The molecule has 5 rings (SSSR count). The molecule has 1 aliphatic heterocycles. The zero-order valence-corrected chi connectivity index (χ0v) is 19.2. The number of alkyl halides is 3. The Kier molecular flexibility index (Phi) is 7.47. The molecule has 3 N–H and O–H groups in total. The van der Waals surface area contributed by atoms with E-state index in [1.807, 2.05) is 78.9 Å². The number of nitrogens with one attached hydrogen (secondary N) is 2. The van der Waals surface area contributed by atoms with E-state index in [0.717, 1.165) is 38.9 Å². The summed E-state index contributed by atoms with van der Waals surface area (Å²) in [6.45, 7) is 0. The number of hydrogen-bond acceptors (Lipinski definition) is 4. The van der Waals surface area contributed by atoms with Crippen molar-refractivity contribution < 1.29 is 27.9 Å². The summed E-state index contributed by atoms with van der Waals surface area (Å²) in [7, 11) is 0. The fourth-order valence-corrected chi connectivity index (χ4v) is 3.75. The fourth-order valence-electron chi connectivity index (χ4n) is 3.75. The van der Waals surface area contributed by atoms with Crippen molar-refractivity contribution in [2.45, 2.75) is 18.6 Å². The van der Waals surface area contributed by atoms with Gasteiger partial charge in [0.25, 0.3) is 0 Å². The molecule has 0 aliphatic carbocycles. The van der Waals surface area contributed by atoms with Gasteiger partial charge in [-0.15, -0.1) is 0 Å². The number of amides is 1. The van der Waals surface area contributed by atoms with Crippen molar-refractivity contribution in [1.29, 1.82) is 0 Å². The lowest BCUT2D eigenvalue weighted by Gasteiger charge is -2.08. The van der Waals surface area contributed by atoms with Gasteiger partial charge in [0.05, 0.1) is 17.3 Å². The Morgan fingerprint density at radius 3 is 2.38 bits per heavy atom. The number of nitrogens with zero attached hydrogens (tertiary/aromatic N) is 2. The zero-order valence-electron chi connectivity index (χ0n) is 19.2. The van der Waals surface area contributed by atoms with E-state index in [0.29, 0.717) is 6.42 Å². The minimum absolute atomic E-state index is 0.00506. The van der Waals surface area contributed by atoms with Crippen molar-refractivity contribution in [3.63, 3.8) is 0 Å². The molecule has 1 atom stereocenters. The standard InChI is InChI=1S/C25H20N4O.C2HF3O2/c30-25-20(16-23(27-25)19-4-2-1-3-5-19)14-18-6-8-21-22(28-29-24(21)15-18)9-7-17-10-12-26-13-11-17;3-2(4,5)1(6)7/h1-15,23H,16H2,(H,27,30)(H,28,29);(H,6,7)/b9-7+,20-14+;. The predicted molar refractivity (Wildman–Crippen MR) is 133 cm³/mol. The van der Waals surface area contributed by atoms with Gasteiger partial charge in [-0.3, -0.25) is 14.9 Å². The average Bonchev–Trinajstić information content (AvgIpc) is 3.46. The molecule has 4 aromatic rings. The molecule has 0 radical (unpaired) electrons. The number of aromatic nitrogens is 3. The molecule has 0 spiro atoms. The Morgan fingerprint density at radius 2 is 1.70 bits per heavy atom. The summed E-state index contributed by atoms with van der Waals surface area (Å²) in [5, 5.41) is 18.8. The van der Waals surface area contributed by atoms with Crippen LogP contribution in [0, 0.1) is 0 Å². The Balaban J connectivity index is 0.000000405. The number of carboxylic acid groups (broad SMARTS) is 1. The highest BCUT2D eigenvalue weighted by Crippen LogP contribution is 2.29. The maximum absolute atomic E-state index is 12.4. The van der Waals surface area contributed by atoms with Crippen LogP contribution in [0.3, 0.4) is 0 Å². The predicted octanol–water partition coefficient (Wildman–Crippen LogP) is 5.41. The Hall–Kier alpha value is -4.73. The van der Waals surface area contributed by atoms with Gasteiger partial charge in [-0.05, 0) is 53.1 Å². The van der Waals surface area contributed by atoms with Gasteiger partial charge in [-0.1, -0.05) is 42.5 Å². The van der Waals surface area contributed by atoms with E-state index < -0.39 is 12.1 Å². The number of carboxylic acids is 1. The number of benzene rings is 2. The molecular weight excluding hydrogens is 485 g/mol. The first kappa shape index (κ1) is 25.4. The average molecular weight is 506 g/mol. The molecule has 2 aromatic heterocycles. The van der Waals surface area contributed by atoms with Gasteiger partial charge in [-0.2, -0.15) is 18.3 Å². The molecule has 37 heavy (non-hydrogen) atoms. The number of fused-ring (bicyclic) bond motifs is 1. The van der Waals surface area contributed by atoms with E-state index in [1.165, 1.54) is 0 Å². The highest BCUT2D eigenvalue weighted by Gasteiger charge is 2.38. The molecule has 3 heterocycles. The zero-order chi connectivity index (χ0) is 26.4. The van der Waals surface area contributed by atoms with Crippen LogP contribution < -0.4 is 5.32 Å². The SMILES string of the molecule is O=C(O)C(F)(F)F.O=C1NC(c2ccccc2)C/C1=C\c1ccc2c(/C=C/c3ccncc3)n[nH]c2c1. The third kappa shape index (κ3) is 6.49. The van der Waals surface area contributed by atoms with Crippen molar-refractivity contribution in [3.05, 3.63) is 101 Å². The highest BCUT2D eigenvalue weighted by molar-refractivity contribution is 6.01. The van der Waals surface area contributed by atoms with E-state index in [2.05, 4.69) is 20.5 Å². The van der Waals surface area contributed by atoms with Crippen LogP contribution in [0.4, 0.5) is 13.2 Å². The van der Waals surface area contributed by atoms with Crippen LogP contribution in [-0.4, -0.2) is 38.3 Å². The van der Waals surface area contributed by atoms with Gasteiger partial charge in [0.15, 0.2) is 0 Å². The van der Waals surface area contributed by atoms with Crippen LogP contribution in [0.25, 0.3) is 29.1 Å². The number of aliphatic carboxylic acids is 1. The van der Waals surface area contributed by atoms with E-state index in [-0.39, 0.29) is 11.9 Å². The first-order valence-electron chi connectivity index (χ1n) is 11.1. The molecular formula is C27H21F3N4O3. The third-order valence-electron chi connectivity index (χ3n) is 5.56. The quantitative estimate of drug-likeness (QED) is 0.321. The van der Waals surface area contributed by atoms with E-state index in [1.54, 1.807) is 12.4 Å². The summed E-state index contributed by atoms with van der Waals surface area (Å²) < 4.78 is 31.7. The number of hydrogen-bond donors (Lipinski definition) is 3. The molecule has 0 bridgehead atoms. The highest BCUT2D eigenvalue weighted by atomic mass is 19.4. The van der Waals surface area contributed by atoms with Crippen molar-refractivity contribution in [1.82, 2.24) is 20.5 Å². The van der Waals surface area contributed by atoms with Crippen LogP contribution in [0.1, 0.15) is 34.8 Å². The summed E-state index contributed by atoms with van der Waals surface area (Å²) >= 11 is 0. The van der Waals surface area contributed by atoms with Crippen molar-refractivity contribution >= 4 is 41.0 Å². The molecule has 1 unspecified atom stereocenters.